The zero-order chi connectivity index (χ0) is 17.7. The average Bonchev–Trinajstić information content (AvgIpc) is 2.56. The third-order valence-corrected chi connectivity index (χ3v) is 6.31. The van der Waals surface area contributed by atoms with Crippen molar-refractivity contribution in [3.63, 3.8) is 0 Å². The van der Waals surface area contributed by atoms with E-state index < -0.39 is 16.2 Å². The normalized spacial score (nSPS) is 19.4. The van der Waals surface area contributed by atoms with Gasteiger partial charge < -0.3 is 4.74 Å². The lowest BCUT2D eigenvalue weighted by molar-refractivity contribution is -0.140. The Bertz CT molecular complexity index is 675. The summed E-state index contributed by atoms with van der Waals surface area (Å²) >= 11 is 0. The van der Waals surface area contributed by atoms with E-state index in [0.29, 0.717) is 19.0 Å². The second-order valence-corrected chi connectivity index (χ2v) is 8.31. The SMILES string of the molecule is COC(=O)CN(Cc1ccccc1C)S(=O)(=O)N1CCCC(C)C1. The number of piperidine rings is 1. The van der Waals surface area contributed by atoms with E-state index in [1.165, 1.54) is 15.7 Å². The number of esters is 1. The maximum absolute atomic E-state index is 13.0. The fraction of sp³-hybridized carbons (Fsp3) is 0.588. The Hall–Kier alpha value is -1.44. The van der Waals surface area contributed by atoms with E-state index in [0.717, 1.165) is 24.0 Å². The molecule has 1 aliphatic heterocycles. The van der Waals surface area contributed by atoms with E-state index in [1.54, 1.807) is 0 Å². The molecule has 0 saturated carbocycles. The first-order chi connectivity index (χ1) is 11.3. The number of aryl methyl sites for hydroxylation is 1. The zero-order valence-electron chi connectivity index (χ0n) is 14.6. The van der Waals surface area contributed by atoms with Crippen LogP contribution in [-0.4, -0.2) is 49.7 Å². The van der Waals surface area contributed by atoms with Gasteiger partial charge in [-0.1, -0.05) is 31.2 Å². The third kappa shape index (κ3) is 4.55. The number of hydrogen-bond donors (Lipinski definition) is 0. The molecule has 2 rings (SSSR count). The van der Waals surface area contributed by atoms with Crippen LogP contribution in [0.2, 0.25) is 0 Å². The molecule has 0 radical (unpaired) electrons. The highest BCUT2D eigenvalue weighted by Crippen LogP contribution is 2.22. The van der Waals surface area contributed by atoms with Crippen LogP contribution >= 0.6 is 0 Å². The molecule has 1 unspecified atom stereocenters. The van der Waals surface area contributed by atoms with Crippen molar-refractivity contribution in [2.75, 3.05) is 26.7 Å². The van der Waals surface area contributed by atoms with Gasteiger partial charge >= 0.3 is 5.97 Å². The number of carbonyl (C=O) groups excluding carboxylic acids is 1. The topological polar surface area (TPSA) is 66.9 Å². The van der Waals surface area contributed by atoms with Crippen LogP contribution in [0.5, 0.6) is 0 Å². The van der Waals surface area contributed by atoms with Crippen molar-refractivity contribution in [1.82, 2.24) is 8.61 Å². The number of nitrogens with zero attached hydrogens (tertiary/aromatic N) is 2. The van der Waals surface area contributed by atoms with Crippen molar-refractivity contribution in [1.29, 1.82) is 0 Å². The lowest BCUT2D eigenvalue weighted by Crippen LogP contribution is -2.49. The predicted octanol–water partition coefficient (Wildman–Crippen LogP) is 1.95. The second-order valence-electron chi connectivity index (χ2n) is 6.38. The molecular formula is C17H26N2O4S. The molecule has 0 bridgehead atoms. The smallest absolute Gasteiger partial charge is 0.321 e. The van der Waals surface area contributed by atoms with Gasteiger partial charge in [0.2, 0.25) is 0 Å². The first-order valence-electron chi connectivity index (χ1n) is 8.21. The molecule has 1 aliphatic rings. The highest BCUT2D eigenvalue weighted by atomic mass is 32.2. The molecule has 0 N–H and O–H groups in total. The molecule has 1 aromatic carbocycles. The van der Waals surface area contributed by atoms with Crippen LogP contribution in [0, 0.1) is 12.8 Å². The van der Waals surface area contributed by atoms with E-state index in [2.05, 4.69) is 4.74 Å². The highest BCUT2D eigenvalue weighted by Gasteiger charge is 2.34. The average molecular weight is 354 g/mol. The minimum absolute atomic E-state index is 0.162. The van der Waals surface area contributed by atoms with E-state index in [-0.39, 0.29) is 13.1 Å². The Morgan fingerprint density at radius 3 is 2.71 bits per heavy atom. The molecule has 0 amide bonds. The number of carbonyl (C=O) groups is 1. The fourth-order valence-corrected chi connectivity index (χ4v) is 4.62. The molecule has 1 aromatic rings. The first kappa shape index (κ1) is 18.9. The molecule has 0 spiro atoms. The monoisotopic (exact) mass is 354 g/mol. The van der Waals surface area contributed by atoms with Gasteiger partial charge in [-0.25, -0.2) is 0 Å². The van der Waals surface area contributed by atoms with Crippen LogP contribution in [0.4, 0.5) is 0 Å². The zero-order valence-corrected chi connectivity index (χ0v) is 15.4. The predicted molar refractivity (Wildman–Crippen MR) is 92.5 cm³/mol. The molecular weight excluding hydrogens is 328 g/mol. The summed E-state index contributed by atoms with van der Waals surface area (Å²) in [5, 5.41) is 0. The second kappa shape index (κ2) is 8.09. The van der Waals surface area contributed by atoms with Gasteiger partial charge in [-0.15, -0.1) is 0 Å². The Morgan fingerprint density at radius 2 is 2.08 bits per heavy atom. The van der Waals surface area contributed by atoms with Gasteiger partial charge in [0, 0.05) is 19.6 Å². The number of rotatable bonds is 6. The fourth-order valence-electron chi connectivity index (χ4n) is 2.92. The summed E-state index contributed by atoms with van der Waals surface area (Å²) < 4.78 is 33.5. The Kier molecular flexibility index (Phi) is 6.37. The third-order valence-electron chi connectivity index (χ3n) is 4.41. The summed E-state index contributed by atoms with van der Waals surface area (Å²) in [6.45, 7) is 4.86. The van der Waals surface area contributed by atoms with Gasteiger partial charge in [0.05, 0.1) is 7.11 Å². The van der Waals surface area contributed by atoms with Crippen molar-refractivity contribution in [2.45, 2.75) is 33.2 Å². The molecule has 6 nitrogen and oxygen atoms in total. The largest absolute Gasteiger partial charge is 0.468 e. The summed E-state index contributed by atoms with van der Waals surface area (Å²) in [6, 6.07) is 7.59. The maximum atomic E-state index is 13.0. The molecule has 1 heterocycles. The van der Waals surface area contributed by atoms with E-state index >= 15 is 0 Å². The van der Waals surface area contributed by atoms with E-state index in [4.69, 9.17) is 0 Å². The van der Waals surface area contributed by atoms with Gasteiger partial charge in [0.1, 0.15) is 6.54 Å². The summed E-state index contributed by atoms with van der Waals surface area (Å²) in [6.07, 6.45) is 1.87. The molecule has 0 aromatic heterocycles. The number of methoxy groups -OCH3 is 1. The van der Waals surface area contributed by atoms with Gasteiger partial charge in [-0.05, 0) is 36.8 Å². The van der Waals surface area contributed by atoms with Crippen LogP contribution < -0.4 is 0 Å². The quantitative estimate of drug-likeness (QED) is 0.732. The standard InChI is InChI=1S/C17H26N2O4S/c1-14-7-6-10-18(11-14)24(21,22)19(13-17(20)23-3)12-16-9-5-4-8-15(16)2/h4-5,8-9,14H,6-7,10-13H2,1-3H3. The Balaban J connectivity index is 2.27. The molecule has 7 heteroatoms. The molecule has 0 aliphatic carbocycles. The van der Waals surface area contributed by atoms with Crippen LogP contribution in [0.25, 0.3) is 0 Å². The van der Waals surface area contributed by atoms with Crippen molar-refractivity contribution < 1.29 is 17.9 Å². The van der Waals surface area contributed by atoms with Crippen molar-refractivity contribution in [2.24, 2.45) is 5.92 Å². The van der Waals surface area contributed by atoms with Crippen LogP contribution in [0.15, 0.2) is 24.3 Å². The van der Waals surface area contributed by atoms with Gasteiger partial charge in [-0.3, -0.25) is 4.79 Å². The van der Waals surface area contributed by atoms with Crippen molar-refractivity contribution in [3.05, 3.63) is 35.4 Å². The molecule has 1 fully saturated rings. The van der Waals surface area contributed by atoms with Gasteiger partial charge in [0.15, 0.2) is 0 Å². The van der Waals surface area contributed by atoms with Crippen LogP contribution in [0.1, 0.15) is 30.9 Å². The number of benzene rings is 1. The minimum Gasteiger partial charge on any atom is -0.468 e. The van der Waals surface area contributed by atoms with E-state index in [1.807, 2.05) is 38.1 Å². The minimum atomic E-state index is -3.71. The summed E-state index contributed by atoms with van der Waals surface area (Å²) in [4.78, 5) is 11.7. The van der Waals surface area contributed by atoms with Gasteiger partial charge in [-0.2, -0.15) is 17.0 Å². The summed E-state index contributed by atoms with van der Waals surface area (Å²) in [7, 11) is -2.44. The molecule has 24 heavy (non-hydrogen) atoms. The highest BCUT2D eigenvalue weighted by molar-refractivity contribution is 7.86. The van der Waals surface area contributed by atoms with E-state index in [9.17, 15) is 13.2 Å². The Morgan fingerprint density at radius 1 is 1.38 bits per heavy atom. The van der Waals surface area contributed by atoms with Crippen LogP contribution in [-0.2, 0) is 26.3 Å². The Labute approximate surface area is 144 Å². The van der Waals surface area contributed by atoms with Crippen molar-refractivity contribution >= 4 is 16.2 Å². The number of ether oxygens (including phenoxy) is 1. The first-order valence-corrected chi connectivity index (χ1v) is 9.61. The van der Waals surface area contributed by atoms with Crippen LogP contribution in [0.3, 0.4) is 0 Å². The lowest BCUT2D eigenvalue weighted by atomic mass is 10.0. The summed E-state index contributed by atoms with van der Waals surface area (Å²) in [5.74, 6) is -0.232. The van der Waals surface area contributed by atoms with Gasteiger partial charge in [0.25, 0.3) is 10.2 Å². The molecule has 1 atom stereocenters. The summed E-state index contributed by atoms with van der Waals surface area (Å²) in [5.41, 5.74) is 1.88. The maximum Gasteiger partial charge on any atom is 0.321 e. The van der Waals surface area contributed by atoms with Crippen molar-refractivity contribution in [3.8, 4) is 0 Å². The molecule has 134 valence electrons. The molecule has 1 saturated heterocycles. The number of hydrogen-bond acceptors (Lipinski definition) is 4. The lowest BCUT2D eigenvalue weighted by Gasteiger charge is -2.34.